The molecule has 2 nitrogen and oxygen atoms in total. The van der Waals surface area contributed by atoms with Crippen molar-refractivity contribution < 1.29 is 0 Å². The Bertz CT molecular complexity index is 318. The number of benzene rings is 1. The quantitative estimate of drug-likeness (QED) is 0.754. The zero-order valence-electron chi connectivity index (χ0n) is 9.83. The van der Waals surface area contributed by atoms with E-state index in [0.29, 0.717) is 12.1 Å². The maximum Gasteiger partial charge on any atom is 0.0387 e. The summed E-state index contributed by atoms with van der Waals surface area (Å²) in [4.78, 5) is 2.49. The highest BCUT2D eigenvalue weighted by Crippen LogP contribution is 2.19. The summed E-state index contributed by atoms with van der Waals surface area (Å²) in [5, 5.41) is 3.50. The highest BCUT2D eigenvalue weighted by atomic mass is 15.2. The van der Waals surface area contributed by atoms with Gasteiger partial charge in [0.25, 0.3) is 0 Å². The highest BCUT2D eigenvalue weighted by Gasteiger charge is 2.21. The van der Waals surface area contributed by atoms with E-state index in [2.05, 4.69) is 55.3 Å². The summed E-state index contributed by atoms with van der Waals surface area (Å²) in [7, 11) is 0. The van der Waals surface area contributed by atoms with Crippen LogP contribution in [-0.4, -0.2) is 25.2 Å². The monoisotopic (exact) mass is 204 g/mol. The third-order valence-corrected chi connectivity index (χ3v) is 3.13. The summed E-state index contributed by atoms with van der Waals surface area (Å²) >= 11 is 0. The molecule has 0 amide bonds. The summed E-state index contributed by atoms with van der Waals surface area (Å²) in [6, 6.07) is 10.0. The molecule has 0 radical (unpaired) electrons. The maximum absolute atomic E-state index is 3.50. The molecule has 1 heterocycles. The first-order valence-corrected chi connectivity index (χ1v) is 5.73. The standard InChI is InChI=1S/C13H20N2/c1-10-4-6-13(7-5-10)15-9-11(2)14-8-12(15)3/h4-7,11-12,14H,8-9H2,1-3H3/t11-,12+/m1/s1. The summed E-state index contributed by atoms with van der Waals surface area (Å²) in [6.07, 6.45) is 0. The fourth-order valence-corrected chi connectivity index (χ4v) is 2.12. The number of anilines is 1. The minimum absolute atomic E-state index is 0.586. The van der Waals surface area contributed by atoms with Crippen LogP contribution in [0.2, 0.25) is 0 Å². The molecular weight excluding hydrogens is 184 g/mol. The van der Waals surface area contributed by atoms with Gasteiger partial charge >= 0.3 is 0 Å². The summed E-state index contributed by atoms with van der Waals surface area (Å²) in [5.74, 6) is 0. The Labute approximate surface area is 92.3 Å². The maximum atomic E-state index is 3.50. The van der Waals surface area contributed by atoms with E-state index in [4.69, 9.17) is 0 Å². The van der Waals surface area contributed by atoms with Gasteiger partial charge in [0.05, 0.1) is 0 Å². The number of piperazine rings is 1. The zero-order chi connectivity index (χ0) is 10.8. The lowest BCUT2D eigenvalue weighted by atomic mass is 10.1. The second-order valence-electron chi connectivity index (χ2n) is 4.65. The van der Waals surface area contributed by atoms with Gasteiger partial charge in [0.1, 0.15) is 0 Å². The molecule has 1 fully saturated rings. The molecule has 1 aromatic carbocycles. The van der Waals surface area contributed by atoms with Gasteiger partial charge in [-0.25, -0.2) is 0 Å². The van der Waals surface area contributed by atoms with Crippen molar-refractivity contribution in [3.8, 4) is 0 Å². The van der Waals surface area contributed by atoms with Crippen LogP contribution in [0.15, 0.2) is 24.3 Å². The van der Waals surface area contributed by atoms with Crippen molar-refractivity contribution in [3.63, 3.8) is 0 Å². The molecule has 0 unspecified atom stereocenters. The molecule has 2 atom stereocenters. The van der Waals surface area contributed by atoms with E-state index in [9.17, 15) is 0 Å². The van der Waals surface area contributed by atoms with E-state index in [1.807, 2.05) is 0 Å². The van der Waals surface area contributed by atoms with Crippen LogP contribution >= 0.6 is 0 Å². The Kier molecular flexibility index (Phi) is 2.96. The summed E-state index contributed by atoms with van der Waals surface area (Å²) in [5.41, 5.74) is 2.68. The number of hydrogen-bond acceptors (Lipinski definition) is 2. The van der Waals surface area contributed by atoms with Gasteiger partial charge in [-0.3, -0.25) is 0 Å². The molecule has 0 spiro atoms. The fraction of sp³-hybridized carbons (Fsp3) is 0.538. The number of hydrogen-bond donors (Lipinski definition) is 1. The molecule has 0 aliphatic carbocycles. The third-order valence-electron chi connectivity index (χ3n) is 3.13. The highest BCUT2D eigenvalue weighted by molar-refractivity contribution is 5.49. The van der Waals surface area contributed by atoms with Gasteiger partial charge in [-0.2, -0.15) is 0 Å². The Morgan fingerprint density at radius 3 is 2.53 bits per heavy atom. The number of nitrogens with zero attached hydrogens (tertiary/aromatic N) is 1. The fourth-order valence-electron chi connectivity index (χ4n) is 2.12. The van der Waals surface area contributed by atoms with Crippen molar-refractivity contribution in [2.75, 3.05) is 18.0 Å². The van der Waals surface area contributed by atoms with Crippen molar-refractivity contribution in [1.82, 2.24) is 5.32 Å². The second-order valence-corrected chi connectivity index (χ2v) is 4.65. The first-order valence-electron chi connectivity index (χ1n) is 5.73. The van der Waals surface area contributed by atoms with Gasteiger partial charge in [-0.15, -0.1) is 0 Å². The van der Waals surface area contributed by atoms with E-state index >= 15 is 0 Å². The molecule has 0 saturated carbocycles. The van der Waals surface area contributed by atoms with Crippen molar-refractivity contribution in [2.45, 2.75) is 32.9 Å². The molecule has 82 valence electrons. The first-order chi connectivity index (χ1) is 7.16. The number of aryl methyl sites for hydroxylation is 1. The minimum Gasteiger partial charge on any atom is -0.366 e. The number of nitrogens with one attached hydrogen (secondary N) is 1. The average Bonchev–Trinajstić information content (AvgIpc) is 2.23. The molecule has 1 aliphatic heterocycles. The van der Waals surface area contributed by atoms with Crippen molar-refractivity contribution in [1.29, 1.82) is 0 Å². The van der Waals surface area contributed by atoms with Gasteiger partial charge in [0, 0.05) is 30.9 Å². The Balaban J connectivity index is 2.17. The molecule has 1 aliphatic rings. The van der Waals surface area contributed by atoms with E-state index in [1.165, 1.54) is 11.3 Å². The summed E-state index contributed by atoms with van der Waals surface area (Å²) in [6.45, 7) is 8.83. The van der Waals surface area contributed by atoms with Crippen molar-refractivity contribution >= 4 is 5.69 Å². The Morgan fingerprint density at radius 2 is 1.87 bits per heavy atom. The lowest BCUT2D eigenvalue weighted by molar-refractivity contribution is 0.425. The Hall–Kier alpha value is -1.02. The van der Waals surface area contributed by atoms with E-state index in [0.717, 1.165) is 13.1 Å². The van der Waals surface area contributed by atoms with Crippen molar-refractivity contribution in [2.24, 2.45) is 0 Å². The summed E-state index contributed by atoms with van der Waals surface area (Å²) < 4.78 is 0. The Morgan fingerprint density at radius 1 is 1.20 bits per heavy atom. The number of rotatable bonds is 1. The molecule has 0 bridgehead atoms. The normalized spacial score (nSPS) is 26.7. The van der Waals surface area contributed by atoms with Crippen LogP contribution in [0.25, 0.3) is 0 Å². The lowest BCUT2D eigenvalue weighted by Gasteiger charge is -2.39. The molecule has 1 aromatic rings. The molecule has 15 heavy (non-hydrogen) atoms. The van der Waals surface area contributed by atoms with Crippen molar-refractivity contribution in [3.05, 3.63) is 29.8 Å². The molecule has 2 heteroatoms. The van der Waals surface area contributed by atoms with Gasteiger partial charge in [0.2, 0.25) is 0 Å². The van der Waals surface area contributed by atoms with Crippen LogP contribution in [-0.2, 0) is 0 Å². The van der Waals surface area contributed by atoms with Crippen LogP contribution in [0.5, 0.6) is 0 Å². The SMILES string of the molecule is Cc1ccc(N2C[C@@H](C)NC[C@@H]2C)cc1. The average molecular weight is 204 g/mol. The van der Waals surface area contributed by atoms with E-state index in [1.54, 1.807) is 0 Å². The van der Waals surface area contributed by atoms with Crippen LogP contribution in [0, 0.1) is 6.92 Å². The third kappa shape index (κ3) is 2.32. The van der Waals surface area contributed by atoms with E-state index in [-0.39, 0.29) is 0 Å². The van der Waals surface area contributed by atoms with Gasteiger partial charge in [-0.05, 0) is 32.9 Å². The molecule has 0 aromatic heterocycles. The van der Waals surface area contributed by atoms with Crippen LogP contribution in [0.4, 0.5) is 5.69 Å². The van der Waals surface area contributed by atoms with Gasteiger partial charge < -0.3 is 10.2 Å². The topological polar surface area (TPSA) is 15.3 Å². The van der Waals surface area contributed by atoms with Crippen LogP contribution < -0.4 is 10.2 Å². The smallest absolute Gasteiger partial charge is 0.0387 e. The predicted octanol–water partition coefficient (Wildman–Crippen LogP) is 2.18. The molecular formula is C13H20N2. The molecule has 1 saturated heterocycles. The van der Waals surface area contributed by atoms with Gasteiger partial charge in [-0.1, -0.05) is 17.7 Å². The van der Waals surface area contributed by atoms with Gasteiger partial charge in [0.15, 0.2) is 0 Å². The first kappa shape index (κ1) is 10.5. The zero-order valence-corrected chi connectivity index (χ0v) is 9.83. The second kappa shape index (κ2) is 4.23. The van der Waals surface area contributed by atoms with Crippen LogP contribution in [0.3, 0.4) is 0 Å². The minimum atomic E-state index is 0.586. The van der Waals surface area contributed by atoms with Crippen LogP contribution in [0.1, 0.15) is 19.4 Å². The van der Waals surface area contributed by atoms with E-state index < -0.39 is 0 Å². The lowest BCUT2D eigenvalue weighted by Crippen LogP contribution is -2.54. The predicted molar refractivity (Wildman–Crippen MR) is 65.5 cm³/mol. The molecule has 2 rings (SSSR count). The molecule has 1 N–H and O–H groups in total. The largest absolute Gasteiger partial charge is 0.366 e.